The smallest absolute Gasteiger partial charge is 0.414 e. The average molecular weight is 456 g/mol. The summed E-state index contributed by atoms with van der Waals surface area (Å²) in [5.41, 5.74) is 1.02. The summed E-state index contributed by atoms with van der Waals surface area (Å²) in [6.45, 7) is 1.77. The van der Waals surface area contributed by atoms with Gasteiger partial charge in [-0.2, -0.15) is 0 Å². The van der Waals surface area contributed by atoms with Gasteiger partial charge in [-0.1, -0.05) is 12.1 Å². The maximum Gasteiger partial charge on any atom is 0.414 e. The molecule has 2 aromatic rings. The molecule has 172 valence electrons. The zero-order chi connectivity index (χ0) is 23.5. The van der Waals surface area contributed by atoms with Crippen LogP contribution in [0.1, 0.15) is 27.6 Å². The van der Waals surface area contributed by atoms with Crippen molar-refractivity contribution in [2.75, 3.05) is 36.5 Å². The monoisotopic (exact) mass is 456 g/mol. The summed E-state index contributed by atoms with van der Waals surface area (Å²) in [6.07, 6.45) is -1.15. The van der Waals surface area contributed by atoms with Crippen LogP contribution < -0.4 is 15.5 Å². The first-order valence-electron chi connectivity index (χ1n) is 10.2. The lowest BCUT2D eigenvalue weighted by molar-refractivity contribution is -0.119. The molecule has 10 nitrogen and oxygen atoms in total. The van der Waals surface area contributed by atoms with E-state index in [1.54, 1.807) is 30.3 Å². The second kappa shape index (κ2) is 9.25. The second-order valence-corrected chi connectivity index (χ2v) is 7.43. The Balaban J connectivity index is 1.29. The number of cyclic esters (lactones) is 1. The van der Waals surface area contributed by atoms with Crippen molar-refractivity contribution >= 4 is 35.2 Å². The molecule has 0 unspecified atom stereocenters. The maximum atomic E-state index is 14.6. The number of hydrogen-bond donors (Lipinski definition) is 2. The lowest BCUT2D eigenvalue weighted by Crippen LogP contribution is -2.33. The van der Waals surface area contributed by atoms with Crippen molar-refractivity contribution in [2.45, 2.75) is 13.0 Å². The van der Waals surface area contributed by atoms with E-state index in [-0.39, 0.29) is 49.0 Å². The molecule has 33 heavy (non-hydrogen) atoms. The average Bonchev–Trinajstić information content (AvgIpc) is 3.28. The van der Waals surface area contributed by atoms with E-state index in [1.807, 2.05) is 0 Å². The molecule has 0 aromatic heterocycles. The fraction of sp³-hybridized carbons (Fsp3) is 0.273. The van der Waals surface area contributed by atoms with Gasteiger partial charge < -0.3 is 15.4 Å². The number of rotatable bonds is 8. The number of hydrogen-bond acceptors (Lipinski definition) is 7. The number of carbonyl (C=O) groups is 4. The van der Waals surface area contributed by atoms with Crippen molar-refractivity contribution in [3.05, 3.63) is 59.4 Å². The molecule has 1 fully saturated rings. The Morgan fingerprint density at radius 1 is 1.15 bits per heavy atom. The number of anilines is 2. The zero-order valence-electron chi connectivity index (χ0n) is 17.7. The molecule has 4 rings (SSSR count). The van der Waals surface area contributed by atoms with E-state index in [1.165, 1.54) is 24.0 Å². The Hall–Kier alpha value is -3.99. The lowest BCUT2D eigenvalue weighted by atomic mass is 10.1. The molecule has 2 N–H and O–H groups in total. The van der Waals surface area contributed by atoms with E-state index in [2.05, 4.69) is 10.6 Å². The molecule has 11 heteroatoms. The predicted octanol–water partition coefficient (Wildman–Crippen LogP) is 1.93. The second-order valence-electron chi connectivity index (χ2n) is 7.43. The van der Waals surface area contributed by atoms with E-state index in [4.69, 9.17) is 9.57 Å². The van der Waals surface area contributed by atoms with Crippen molar-refractivity contribution in [3.63, 3.8) is 0 Å². The number of hydroxylamine groups is 2. The molecule has 0 saturated carbocycles. The molecule has 0 radical (unpaired) electrons. The van der Waals surface area contributed by atoms with Crippen molar-refractivity contribution in [3.8, 4) is 0 Å². The highest BCUT2D eigenvalue weighted by Gasteiger charge is 2.36. The van der Waals surface area contributed by atoms with Crippen molar-refractivity contribution in [1.29, 1.82) is 0 Å². The minimum Gasteiger partial charge on any atom is -0.442 e. The largest absolute Gasteiger partial charge is 0.442 e. The highest BCUT2D eigenvalue weighted by molar-refractivity contribution is 6.20. The summed E-state index contributed by atoms with van der Waals surface area (Å²) in [7, 11) is 0. The van der Waals surface area contributed by atoms with Gasteiger partial charge in [0, 0.05) is 13.5 Å². The molecular formula is C22H21FN4O6. The van der Waals surface area contributed by atoms with Gasteiger partial charge in [0.15, 0.2) is 0 Å². The lowest BCUT2D eigenvalue weighted by Gasteiger charge is -2.16. The highest BCUT2D eigenvalue weighted by atomic mass is 19.1. The third-order valence-electron chi connectivity index (χ3n) is 5.11. The number of ether oxygens (including phenoxy) is 1. The zero-order valence-corrected chi connectivity index (χ0v) is 17.7. The van der Waals surface area contributed by atoms with Gasteiger partial charge in [0.2, 0.25) is 5.91 Å². The van der Waals surface area contributed by atoms with E-state index >= 15 is 0 Å². The summed E-state index contributed by atoms with van der Waals surface area (Å²) < 4.78 is 19.7. The van der Waals surface area contributed by atoms with Crippen molar-refractivity contribution in [1.82, 2.24) is 10.4 Å². The number of halogens is 1. The first-order valence-corrected chi connectivity index (χ1v) is 10.2. The Morgan fingerprint density at radius 3 is 2.48 bits per heavy atom. The summed E-state index contributed by atoms with van der Waals surface area (Å²) in [5.74, 6) is -1.93. The molecular weight excluding hydrogens is 435 g/mol. The van der Waals surface area contributed by atoms with Gasteiger partial charge in [0.05, 0.1) is 42.2 Å². The Labute approximate surface area is 188 Å². The molecule has 2 aliphatic rings. The third-order valence-corrected chi connectivity index (χ3v) is 5.11. The highest BCUT2D eigenvalue weighted by Crippen LogP contribution is 2.26. The van der Waals surface area contributed by atoms with E-state index < -0.39 is 29.8 Å². The van der Waals surface area contributed by atoms with Crippen LogP contribution in [-0.4, -0.2) is 61.2 Å². The Kier molecular flexibility index (Phi) is 6.22. The van der Waals surface area contributed by atoms with Crippen LogP contribution in [-0.2, 0) is 14.4 Å². The van der Waals surface area contributed by atoms with Crippen LogP contribution in [0.5, 0.6) is 0 Å². The van der Waals surface area contributed by atoms with Gasteiger partial charge in [-0.15, -0.1) is 5.06 Å². The van der Waals surface area contributed by atoms with Crippen LogP contribution in [0.4, 0.5) is 20.6 Å². The summed E-state index contributed by atoms with van der Waals surface area (Å²) in [4.78, 5) is 54.2. The first-order chi connectivity index (χ1) is 15.8. The fourth-order valence-electron chi connectivity index (χ4n) is 3.52. The van der Waals surface area contributed by atoms with Crippen LogP contribution in [0.15, 0.2) is 42.5 Å². The molecule has 0 bridgehead atoms. The van der Waals surface area contributed by atoms with Gasteiger partial charge >= 0.3 is 6.09 Å². The number of amides is 4. The van der Waals surface area contributed by atoms with Crippen LogP contribution >= 0.6 is 0 Å². The van der Waals surface area contributed by atoms with E-state index in [9.17, 15) is 23.6 Å². The predicted molar refractivity (Wildman–Crippen MR) is 114 cm³/mol. The summed E-state index contributed by atoms with van der Waals surface area (Å²) in [5, 5.41) is 6.10. The van der Waals surface area contributed by atoms with Crippen LogP contribution in [0, 0.1) is 5.82 Å². The molecule has 1 atom stereocenters. The number of carbonyl (C=O) groups excluding carboxylic acids is 4. The van der Waals surface area contributed by atoms with Crippen molar-refractivity contribution in [2.24, 2.45) is 0 Å². The first kappa shape index (κ1) is 22.2. The van der Waals surface area contributed by atoms with Gasteiger partial charge in [0.1, 0.15) is 11.9 Å². The fourth-order valence-corrected chi connectivity index (χ4v) is 3.52. The van der Waals surface area contributed by atoms with Gasteiger partial charge in [0.25, 0.3) is 11.8 Å². The quantitative estimate of drug-likeness (QED) is 0.460. The standard InChI is InChI=1S/C22H21FN4O6/c1-13(28)25-11-15-12-26(22(31)33-15)14-6-7-19(18(23)10-14)24-8-9-32-27-20(29)16-4-2-3-5-17(16)21(27)30/h2-7,10,15,24H,8-9,11-12H2,1H3,(H,25,28)/t15-/m0/s1. The number of benzene rings is 2. The molecule has 0 spiro atoms. The number of nitrogens with zero attached hydrogens (tertiary/aromatic N) is 2. The van der Waals surface area contributed by atoms with Crippen LogP contribution in [0.25, 0.3) is 0 Å². The SMILES string of the molecule is CC(=O)NC[C@H]1CN(c2ccc(NCCON3C(=O)c4ccccc4C3=O)c(F)c2)C(=O)O1. The summed E-state index contributed by atoms with van der Waals surface area (Å²) in [6, 6.07) is 10.6. The molecule has 2 aromatic carbocycles. The minimum absolute atomic E-state index is 0.0596. The topological polar surface area (TPSA) is 117 Å². The summed E-state index contributed by atoms with van der Waals surface area (Å²) >= 11 is 0. The van der Waals surface area contributed by atoms with E-state index in [0.29, 0.717) is 10.8 Å². The number of fused-ring (bicyclic) bond motifs is 1. The molecule has 2 aliphatic heterocycles. The molecule has 0 aliphatic carbocycles. The Bertz CT molecular complexity index is 1090. The normalized spacial score (nSPS) is 17.3. The molecule has 4 amide bonds. The number of nitrogens with one attached hydrogen (secondary N) is 2. The van der Waals surface area contributed by atoms with Crippen molar-refractivity contribution < 1.29 is 33.1 Å². The number of imide groups is 1. The molecule has 2 heterocycles. The minimum atomic E-state index is -0.625. The Morgan fingerprint density at radius 2 is 1.85 bits per heavy atom. The van der Waals surface area contributed by atoms with Gasteiger partial charge in [-0.25, -0.2) is 9.18 Å². The van der Waals surface area contributed by atoms with Crippen LogP contribution in [0.2, 0.25) is 0 Å². The third kappa shape index (κ3) is 4.62. The van der Waals surface area contributed by atoms with Crippen LogP contribution in [0.3, 0.4) is 0 Å². The maximum absolute atomic E-state index is 14.6. The molecule has 1 saturated heterocycles. The van der Waals surface area contributed by atoms with Gasteiger partial charge in [-0.05, 0) is 30.3 Å². The van der Waals surface area contributed by atoms with E-state index in [0.717, 1.165) is 0 Å². The van der Waals surface area contributed by atoms with Gasteiger partial charge in [-0.3, -0.25) is 24.1 Å².